The van der Waals surface area contributed by atoms with Crippen LogP contribution in [0.3, 0.4) is 0 Å². The monoisotopic (exact) mass is 397 g/mol. The van der Waals surface area contributed by atoms with Gasteiger partial charge in [-0.2, -0.15) is 0 Å². The van der Waals surface area contributed by atoms with Crippen LogP contribution >= 0.6 is 11.8 Å². The van der Waals surface area contributed by atoms with Gasteiger partial charge in [-0.15, -0.1) is 0 Å². The van der Waals surface area contributed by atoms with Gasteiger partial charge in [0.15, 0.2) is 16.3 Å². The van der Waals surface area contributed by atoms with Crippen LogP contribution in [-0.4, -0.2) is 24.4 Å². The lowest BCUT2D eigenvalue weighted by atomic mass is 10.1. The molecule has 7 nitrogen and oxygen atoms in total. The summed E-state index contributed by atoms with van der Waals surface area (Å²) in [6.45, 7) is 4.16. The number of nitrogens with zero attached hydrogens (tertiary/aromatic N) is 4. The Morgan fingerprint density at radius 2 is 1.93 bits per heavy atom. The summed E-state index contributed by atoms with van der Waals surface area (Å²) in [4.78, 5) is 29.8. The highest BCUT2D eigenvalue weighted by Gasteiger charge is 2.18. The van der Waals surface area contributed by atoms with E-state index in [0.29, 0.717) is 22.0 Å². The highest BCUT2D eigenvalue weighted by molar-refractivity contribution is 7.99. The van der Waals surface area contributed by atoms with Gasteiger partial charge >= 0.3 is 5.69 Å². The molecule has 0 spiro atoms. The normalized spacial score (nSPS) is 10.9. The van der Waals surface area contributed by atoms with Gasteiger partial charge in [-0.1, -0.05) is 30.5 Å². The van der Waals surface area contributed by atoms with Crippen molar-refractivity contribution in [3.05, 3.63) is 50.2 Å². The van der Waals surface area contributed by atoms with Crippen LogP contribution in [0, 0.1) is 18.8 Å². The minimum atomic E-state index is -0.430. The Bertz CT molecular complexity index is 1200. The molecule has 2 N–H and O–H groups in total. The summed E-state index contributed by atoms with van der Waals surface area (Å²) in [6, 6.07) is 5.59. The van der Waals surface area contributed by atoms with Crippen LogP contribution in [0.2, 0.25) is 0 Å². The maximum atomic E-state index is 12.7. The molecule has 0 aliphatic rings. The van der Waals surface area contributed by atoms with E-state index in [2.05, 4.69) is 23.7 Å². The summed E-state index contributed by atoms with van der Waals surface area (Å²) < 4.78 is 4.30. The predicted octanol–water partition coefficient (Wildman–Crippen LogP) is 1.88. The number of hydrogen-bond donors (Lipinski definition) is 1. The topological polar surface area (TPSA) is 87.8 Å². The lowest BCUT2D eigenvalue weighted by molar-refractivity contribution is 0.682. The van der Waals surface area contributed by atoms with E-state index in [9.17, 15) is 9.59 Å². The standard InChI is InChI=1S/C20H23N5O2S/c1-5-9-28-19-22-17-16(23(19)3)18(26)24(4)20(27)25(17)8-6-7-14-10-13(2)11-15(21)12-14/h10-12H,5,8-9,21H2,1-4H3. The zero-order chi connectivity index (χ0) is 20.4. The zero-order valence-electron chi connectivity index (χ0n) is 16.4. The molecule has 0 fully saturated rings. The average Bonchev–Trinajstić information content (AvgIpc) is 2.96. The molecule has 3 rings (SSSR count). The molecule has 2 heterocycles. The number of nitrogen functional groups attached to an aromatic ring is 1. The third-order valence-corrected chi connectivity index (χ3v) is 5.56. The maximum Gasteiger partial charge on any atom is 0.333 e. The fraction of sp³-hybridized carbons (Fsp3) is 0.350. The molecule has 0 aliphatic carbocycles. The molecule has 1 aromatic carbocycles. The van der Waals surface area contributed by atoms with Gasteiger partial charge in [0.1, 0.15) is 0 Å². The second-order valence-electron chi connectivity index (χ2n) is 6.64. The molecule has 0 saturated heterocycles. The summed E-state index contributed by atoms with van der Waals surface area (Å²) in [5, 5.41) is 0.715. The number of fused-ring (bicyclic) bond motifs is 1. The first-order chi connectivity index (χ1) is 13.3. The molecule has 2 aromatic heterocycles. The fourth-order valence-corrected chi connectivity index (χ4v) is 3.80. The van der Waals surface area contributed by atoms with Gasteiger partial charge in [-0.05, 0) is 37.1 Å². The fourth-order valence-electron chi connectivity index (χ4n) is 2.98. The Labute approximate surface area is 167 Å². The largest absolute Gasteiger partial charge is 0.399 e. The summed E-state index contributed by atoms with van der Waals surface area (Å²) in [7, 11) is 3.27. The first-order valence-electron chi connectivity index (χ1n) is 8.98. The number of benzene rings is 1. The third kappa shape index (κ3) is 3.71. The molecule has 146 valence electrons. The van der Waals surface area contributed by atoms with E-state index in [4.69, 9.17) is 5.73 Å². The molecule has 0 radical (unpaired) electrons. The van der Waals surface area contributed by atoms with Gasteiger partial charge in [0, 0.05) is 31.1 Å². The Kier molecular flexibility index (Phi) is 5.66. The van der Waals surface area contributed by atoms with Crippen molar-refractivity contribution in [3.63, 3.8) is 0 Å². The molecule has 0 amide bonds. The number of imidazole rings is 1. The predicted molar refractivity (Wildman–Crippen MR) is 114 cm³/mol. The summed E-state index contributed by atoms with van der Waals surface area (Å²) in [5.74, 6) is 6.93. The van der Waals surface area contributed by atoms with Crippen LogP contribution in [0.25, 0.3) is 11.2 Å². The van der Waals surface area contributed by atoms with Crippen molar-refractivity contribution in [3.8, 4) is 11.8 Å². The summed E-state index contributed by atoms with van der Waals surface area (Å²) >= 11 is 1.56. The van der Waals surface area contributed by atoms with Gasteiger partial charge in [-0.3, -0.25) is 13.9 Å². The molecule has 0 aliphatic heterocycles. The number of hydrogen-bond acceptors (Lipinski definition) is 5. The van der Waals surface area contributed by atoms with Crippen LogP contribution in [0.1, 0.15) is 24.5 Å². The van der Waals surface area contributed by atoms with Gasteiger partial charge < -0.3 is 10.3 Å². The number of thioether (sulfide) groups is 1. The molecule has 8 heteroatoms. The van der Waals surface area contributed by atoms with Crippen LogP contribution < -0.4 is 17.0 Å². The quantitative estimate of drug-likeness (QED) is 0.413. The molecule has 0 atom stereocenters. The van der Waals surface area contributed by atoms with E-state index in [1.807, 2.05) is 19.1 Å². The van der Waals surface area contributed by atoms with Crippen molar-refractivity contribution >= 4 is 28.6 Å². The van der Waals surface area contributed by atoms with Gasteiger partial charge in [0.2, 0.25) is 0 Å². The van der Waals surface area contributed by atoms with Crippen LogP contribution in [0.5, 0.6) is 0 Å². The van der Waals surface area contributed by atoms with E-state index in [1.165, 1.54) is 11.6 Å². The average molecular weight is 398 g/mol. The molecule has 0 unspecified atom stereocenters. The van der Waals surface area contributed by atoms with Gasteiger partial charge in [0.25, 0.3) is 5.56 Å². The van der Waals surface area contributed by atoms with Gasteiger partial charge in [0.05, 0.1) is 6.54 Å². The maximum absolute atomic E-state index is 12.7. The lowest BCUT2D eigenvalue weighted by Crippen LogP contribution is -2.38. The smallest absolute Gasteiger partial charge is 0.333 e. The lowest BCUT2D eigenvalue weighted by Gasteiger charge is -2.06. The van der Waals surface area contributed by atoms with E-state index in [1.54, 1.807) is 29.4 Å². The molecule has 0 bridgehead atoms. The van der Waals surface area contributed by atoms with Crippen molar-refractivity contribution in [2.24, 2.45) is 14.1 Å². The summed E-state index contributed by atoms with van der Waals surface area (Å²) in [5.41, 5.74) is 8.30. The van der Waals surface area contributed by atoms with E-state index >= 15 is 0 Å². The highest BCUT2D eigenvalue weighted by Crippen LogP contribution is 2.20. The van der Waals surface area contributed by atoms with E-state index in [-0.39, 0.29) is 12.1 Å². The number of nitrogens with two attached hydrogens (primary N) is 1. The number of aryl methyl sites for hydroxylation is 2. The zero-order valence-corrected chi connectivity index (χ0v) is 17.3. The molecular weight excluding hydrogens is 374 g/mol. The van der Waals surface area contributed by atoms with Crippen molar-refractivity contribution in [1.82, 2.24) is 18.7 Å². The minimum Gasteiger partial charge on any atom is -0.399 e. The van der Waals surface area contributed by atoms with Crippen molar-refractivity contribution in [2.75, 3.05) is 11.5 Å². The SMILES string of the molecule is CCCSc1nc2c(c(=O)n(C)c(=O)n2CC#Cc2cc(C)cc(N)c2)n1C. The van der Waals surface area contributed by atoms with E-state index < -0.39 is 5.69 Å². The Hall–Kier alpha value is -2.92. The Balaban J connectivity index is 2.09. The van der Waals surface area contributed by atoms with Crippen molar-refractivity contribution in [2.45, 2.75) is 32.0 Å². The molecular formula is C20H23N5O2S. The number of anilines is 1. The van der Waals surface area contributed by atoms with Crippen LogP contribution in [0.4, 0.5) is 5.69 Å². The second kappa shape index (κ2) is 7.98. The first-order valence-corrected chi connectivity index (χ1v) is 9.97. The van der Waals surface area contributed by atoms with Gasteiger partial charge in [-0.25, -0.2) is 9.78 Å². The van der Waals surface area contributed by atoms with Crippen molar-refractivity contribution < 1.29 is 0 Å². The Morgan fingerprint density at radius 1 is 1.18 bits per heavy atom. The summed E-state index contributed by atoms with van der Waals surface area (Å²) in [6.07, 6.45) is 0.990. The van der Waals surface area contributed by atoms with Crippen LogP contribution in [-0.2, 0) is 20.6 Å². The number of aromatic nitrogens is 4. The Morgan fingerprint density at radius 3 is 2.61 bits per heavy atom. The number of rotatable bonds is 4. The second-order valence-corrected chi connectivity index (χ2v) is 7.70. The van der Waals surface area contributed by atoms with E-state index in [0.717, 1.165) is 27.9 Å². The highest BCUT2D eigenvalue weighted by atomic mass is 32.2. The van der Waals surface area contributed by atoms with Crippen molar-refractivity contribution in [1.29, 1.82) is 0 Å². The molecule has 28 heavy (non-hydrogen) atoms. The molecule has 0 saturated carbocycles. The van der Waals surface area contributed by atoms with Crippen LogP contribution in [0.15, 0.2) is 32.9 Å². The first kappa shape index (κ1) is 19.8. The third-order valence-electron chi connectivity index (χ3n) is 4.32. The molecule has 3 aromatic rings. The minimum absolute atomic E-state index is 0.131.